The van der Waals surface area contributed by atoms with Crippen LogP contribution < -0.4 is 5.56 Å². The molecule has 1 aromatic carbocycles. The number of aliphatic hydroxyl groups is 1. The molecule has 4 heteroatoms. The molecule has 1 N–H and O–H groups in total. The molecule has 0 amide bonds. The predicted octanol–water partition coefficient (Wildman–Crippen LogP) is 1.17. The van der Waals surface area contributed by atoms with Gasteiger partial charge in [-0.15, -0.1) is 0 Å². The Morgan fingerprint density at radius 2 is 2.20 bits per heavy atom. The molecule has 15 heavy (non-hydrogen) atoms. The van der Waals surface area contributed by atoms with Gasteiger partial charge in [-0.2, -0.15) is 0 Å². The Hall–Kier alpha value is -1.68. The smallest absolute Gasteiger partial charge is 0.256 e. The maximum absolute atomic E-state index is 13.4. The van der Waals surface area contributed by atoms with Crippen LogP contribution in [0.1, 0.15) is 5.56 Å². The van der Waals surface area contributed by atoms with Gasteiger partial charge in [0.15, 0.2) is 0 Å². The van der Waals surface area contributed by atoms with E-state index < -0.39 is 5.82 Å². The van der Waals surface area contributed by atoms with Crippen LogP contribution in [0.15, 0.2) is 29.1 Å². The van der Waals surface area contributed by atoms with Crippen LogP contribution >= 0.6 is 0 Å². The van der Waals surface area contributed by atoms with E-state index in [9.17, 15) is 9.18 Å². The number of aryl methyl sites for hydroxylation is 1. The molecule has 0 fully saturated rings. The highest BCUT2D eigenvalue weighted by Gasteiger charge is 2.08. The number of pyridine rings is 1. The van der Waals surface area contributed by atoms with E-state index in [1.54, 1.807) is 12.1 Å². The van der Waals surface area contributed by atoms with Crippen molar-refractivity contribution in [3.63, 3.8) is 0 Å². The molecule has 0 aliphatic carbocycles. The van der Waals surface area contributed by atoms with Crippen LogP contribution in [0.25, 0.3) is 10.9 Å². The van der Waals surface area contributed by atoms with Gasteiger partial charge in [-0.1, -0.05) is 12.1 Å². The summed E-state index contributed by atoms with van der Waals surface area (Å²) in [4.78, 5) is 11.6. The number of aromatic nitrogens is 1. The van der Waals surface area contributed by atoms with Crippen molar-refractivity contribution in [3.05, 3.63) is 46.0 Å². The number of hydrogen-bond donors (Lipinski definition) is 1. The summed E-state index contributed by atoms with van der Waals surface area (Å²) in [7, 11) is 1.49. The minimum Gasteiger partial charge on any atom is -0.391 e. The highest BCUT2D eigenvalue weighted by molar-refractivity contribution is 5.80. The van der Waals surface area contributed by atoms with Crippen molar-refractivity contribution in [3.8, 4) is 0 Å². The minimum absolute atomic E-state index is 0.264. The highest BCUT2D eigenvalue weighted by atomic mass is 19.1. The van der Waals surface area contributed by atoms with E-state index in [-0.39, 0.29) is 23.2 Å². The molecule has 0 unspecified atom stereocenters. The molecule has 2 aromatic rings. The lowest BCUT2D eigenvalue weighted by molar-refractivity contribution is 0.279. The molecular formula is C11H10FNO2. The Balaban J connectivity index is 2.98. The monoisotopic (exact) mass is 207 g/mol. The second-order valence-corrected chi connectivity index (χ2v) is 3.37. The molecule has 2 rings (SSSR count). The van der Waals surface area contributed by atoms with E-state index in [4.69, 9.17) is 5.11 Å². The van der Waals surface area contributed by atoms with Gasteiger partial charge >= 0.3 is 0 Å². The first-order valence-electron chi connectivity index (χ1n) is 4.53. The first-order valence-corrected chi connectivity index (χ1v) is 4.53. The molecule has 0 aliphatic heterocycles. The highest BCUT2D eigenvalue weighted by Crippen LogP contribution is 2.16. The molecule has 0 saturated carbocycles. The fourth-order valence-corrected chi connectivity index (χ4v) is 1.68. The van der Waals surface area contributed by atoms with Crippen LogP contribution in [0.3, 0.4) is 0 Å². The maximum Gasteiger partial charge on any atom is 0.256 e. The minimum atomic E-state index is -0.434. The van der Waals surface area contributed by atoms with Gasteiger partial charge in [-0.25, -0.2) is 4.39 Å². The molecule has 0 radical (unpaired) electrons. The van der Waals surface area contributed by atoms with Crippen molar-refractivity contribution in [2.24, 2.45) is 7.05 Å². The summed E-state index contributed by atoms with van der Waals surface area (Å²) in [6, 6.07) is 6.10. The number of halogens is 1. The van der Waals surface area contributed by atoms with Crippen molar-refractivity contribution in [2.45, 2.75) is 6.61 Å². The first-order chi connectivity index (χ1) is 7.15. The summed E-state index contributed by atoms with van der Waals surface area (Å²) in [5.41, 5.74) is 0.172. The number of rotatable bonds is 1. The number of aliphatic hydroxyl groups excluding tert-OH is 1. The zero-order chi connectivity index (χ0) is 11.0. The van der Waals surface area contributed by atoms with E-state index in [0.29, 0.717) is 5.39 Å². The predicted molar refractivity (Wildman–Crippen MR) is 55.1 cm³/mol. The summed E-state index contributed by atoms with van der Waals surface area (Å²) in [6.07, 6.45) is 0. The third-order valence-electron chi connectivity index (χ3n) is 2.43. The van der Waals surface area contributed by atoms with Gasteiger partial charge in [-0.05, 0) is 12.1 Å². The number of nitrogens with zero attached hydrogens (tertiary/aromatic N) is 1. The molecule has 3 nitrogen and oxygen atoms in total. The van der Waals surface area contributed by atoms with Gasteiger partial charge in [0.2, 0.25) is 0 Å². The maximum atomic E-state index is 13.4. The molecular weight excluding hydrogens is 197 g/mol. The van der Waals surface area contributed by atoms with E-state index in [1.807, 2.05) is 0 Å². The average molecular weight is 207 g/mol. The third kappa shape index (κ3) is 1.43. The Morgan fingerprint density at radius 1 is 1.47 bits per heavy atom. The van der Waals surface area contributed by atoms with E-state index in [1.165, 1.54) is 23.7 Å². The van der Waals surface area contributed by atoms with Crippen molar-refractivity contribution < 1.29 is 9.50 Å². The van der Waals surface area contributed by atoms with Crippen LogP contribution in [0.4, 0.5) is 4.39 Å². The molecule has 1 heterocycles. The van der Waals surface area contributed by atoms with E-state index >= 15 is 0 Å². The van der Waals surface area contributed by atoms with Gasteiger partial charge in [0, 0.05) is 18.0 Å². The van der Waals surface area contributed by atoms with Gasteiger partial charge in [0.05, 0.1) is 12.1 Å². The summed E-state index contributed by atoms with van der Waals surface area (Å²) in [5, 5.41) is 9.58. The van der Waals surface area contributed by atoms with E-state index in [0.717, 1.165) is 0 Å². The van der Waals surface area contributed by atoms with Crippen molar-refractivity contribution in [2.75, 3.05) is 0 Å². The van der Waals surface area contributed by atoms with Crippen molar-refractivity contribution in [1.29, 1.82) is 0 Å². The van der Waals surface area contributed by atoms with Crippen LogP contribution in [-0.4, -0.2) is 9.67 Å². The summed E-state index contributed by atoms with van der Waals surface area (Å²) >= 11 is 0. The molecule has 0 saturated heterocycles. The zero-order valence-electron chi connectivity index (χ0n) is 8.20. The second kappa shape index (κ2) is 3.47. The van der Waals surface area contributed by atoms with Crippen LogP contribution in [0, 0.1) is 5.82 Å². The first kappa shape index (κ1) is 9.86. The Bertz CT molecular complexity index is 575. The van der Waals surface area contributed by atoms with Crippen LogP contribution in [-0.2, 0) is 13.7 Å². The SMILES string of the molecule is Cn1c(=O)c(CO)cc2cccc(F)c21. The normalized spacial score (nSPS) is 10.9. The molecule has 78 valence electrons. The van der Waals surface area contributed by atoms with Gasteiger partial charge < -0.3 is 9.67 Å². The standard InChI is InChI=1S/C11H10FNO2/c1-13-10-7(3-2-4-9(10)12)5-8(6-14)11(13)15/h2-5,14H,6H2,1H3. The van der Waals surface area contributed by atoms with Gasteiger partial charge in [0.25, 0.3) is 5.56 Å². The topological polar surface area (TPSA) is 42.2 Å². The lowest BCUT2D eigenvalue weighted by Crippen LogP contribution is -2.21. The Morgan fingerprint density at radius 3 is 2.87 bits per heavy atom. The summed E-state index contributed by atoms with van der Waals surface area (Å²) in [5.74, 6) is -0.434. The number of fused-ring (bicyclic) bond motifs is 1. The van der Waals surface area contributed by atoms with Crippen molar-refractivity contribution >= 4 is 10.9 Å². The van der Waals surface area contributed by atoms with E-state index in [2.05, 4.69) is 0 Å². The summed E-state index contributed by atoms with van der Waals surface area (Å²) in [6.45, 7) is -0.334. The number of para-hydroxylation sites is 1. The fraction of sp³-hybridized carbons (Fsp3) is 0.182. The summed E-state index contributed by atoms with van der Waals surface area (Å²) < 4.78 is 14.7. The molecule has 0 aliphatic rings. The second-order valence-electron chi connectivity index (χ2n) is 3.37. The lowest BCUT2D eigenvalue weighted by atomic mass is 10.1. The lowest BCUT2D eigenvalue weighted by Gasteiger charge is -2.07. The average Bonchev–Trinajstić information content (AvgIpc) is 2.23. The number of benzene rings is 1. The van der Waals surface area contributed by atoms with Crippen LogP contribution in [0.5, 0.6) is 0 Å². The van der Waals surface area contributed by atoms with Gasteiger partial charge in [0.1, 0.15) is 5.82 Å². The third-order valence-corrected chi connectivity index (χ3v) is 2.43. The zero-order valence-corrected chi connectivity index (χ0v) is 8.20. The largest absolute Gasteiger partial charge is 0.391 e. The quantitative estimate of drug-likeness (QED) is 0.762. The Labute approximate surface area is 85.4 Å². The molecule has 0 spiro atoms. The number of hydrogen-bond acceptors (Lipinski definition) is 2. The van der Waals surface area contributed by atoms with Crippen LogP contribution in [0.2, 0.25) is 0 Å². The van der Waals surface area contributed by atoms with Gasteiger partial charge in [-0.3, -0.25) is 4.79 Å². The molecule has 0 atom stereocenters. The Kier molecular flexibility index (Phi) is 2.28. The van der Waals surface area contributed by atoms with Crippen molar-refractivity contribution in [1.82, 2.24) is 4.57 Å². The fourth-order valence-electron chi connectivity index (χ4n) is 1.68. The molecule has 1 aromatic heterocycles. The molecule has 0 bridgehead atoms.